The van der Waals surface area contributed by atoms with Crippen molar-refractivity contribution in [2.24, 2.45) is 0 Å². The van der Waals surface area contributed by atoms with E-state index in [2.05, 4.69) is 25.8 Å². The summed E-state index contributed by atoms with van der Waals surface area (Å²) in [6, 6.07) is 0. The Morgan fingerprint density at radius 1 is 1.50 bits per heavy atom. The largest absolute Gasteiger partial charge is 0.353 e. The molecule has 92 valence electrons. The highest BCUT2D eigenvalue weighted by Crippen LogP contribution is 2.20. The first-order chi connectivity index (χ1) is 7.43. The second kappa shape index (κ2) is 7.49. The molecule has 0 amide bonds. The summed E-state index contributed by atoms with van der Waals surface area (Å²) in [6.07, 6.45) is 9.18. The zero-order valence-corrected chi connectivity index (χ0v) is 11.2. The molecule has 0 aromatic carbocycles. The van der Waals surface area contributed by atoms with E-state index in [0.717, 1.165) is 12.8 Å². The van der Waals surface area contributed by atoms with E-state index in [4.69, 9.17) is 15.9 Å². The lowest BCUT2D eigenvalue weighted by Gasteiger charge is -2.27. The third-order valence-electron chi connectivity index (χ3n) is 2.31. The summed E-state index contributed by atoms with van der Waals surface area (Å²) >= 11 is 0. The monoisotopic (exact) mass is 224 g/mol. The summed E-state index contributed by atoms with van der Waals surface area (Å²) in [6.45, 7) is 10.5. The quantitative estimate of drug-likeness (QED) is 0.374. The maximum Gasteiger partial charge on any atom is 0.156 e. The molecule has 0 fully saturated rings. The number of allylic oxidation sites excluding steroid dienone is 2. The van der Waals surface area contributed by atoms with Gasteiger partial charge < -0.3 is 9.47 Å². The van der Waals surface area contributed by atoms with Crippen molar-refractivity contribution in [2.45, 2.75) is 59.4 Å². The molecule has 0 saturated heterocycles. The van der Waals surface area contributed by atoms with E-state index in [1.165, 1.54) is 5.57 Å². The van der Waals surface area contributed by atoms with Crippen molar-refractivity contribution in [1.29, 1.82) is 0 Å². The summed E-state index contributed by atoms with van der Waals surface area (Å²) in [7, 11) is 0. The Hall–Kier alpha value is -0.780. The average molecular weight is 224 g/mol. The first-order valence-corrected chi connectivity index (χ1v) is 5.84. The van der Waals surface area contributed by atoms with Crippen LogP contribution in [0.1, 0.15) is 47.5 Å². The van der Waals surface area contributed by atoms with E-state index < -0.39 is 5.60 Å². The van der Waals surface area contributed by atoms with Gasteiger partial charge in [-0.15, -0.1) is 6.42 Å². The van der Waals surface area contributed by atoms with Gasteiger partial charge in [0.15, 0.2) is 6.29 Å². The van der Waals surface area contributed by atoms with Crippen LogP contribution in [-0.2, 0) is 9.47 Å². The summed E-state index contributed by atoms with van der Waals surface area (Å²) in [5, 5.41) is 0. The van der Waals surface area contributed by atoms with Crippen LogP contribution in [0.4, 0.5) is 0 Å². The molecular weight excluding hydrogens is 200 g/mol. The van der Waals surface area contributed by atoms with Crippen molar-refractivity contribution in [1.82, 2.24) is 0 Å². The van der Waals surface area contributed by atoms with Gasteiger partial charge in [-0.25, -0.2) is 0 Å². The van der Waals surface area contributed by atoms with Crippen LogP contribution in [0.3, 0.4) is 0 Å². The Kier molecular flexibility index (Phi) is 7.12. The Bertz CT molecular complexity index is 258. The van der Waals surface area contributed by atoms with Gasteiger partial charge in [-0.2, -0.15) is 0 Å². The molecule has 2 unspecified atom stereocenters. The molecule has 0 aromatic heterocycles. The van der Waals surface area contributed by atoms with E-state index in [1.807, 2.05) is 20.8 Å². The van der Waals surface area contributed by atoms with Gasteiger partial charge in [0.05, 0.1) is 0 Å². The minimum Gasteiger partial charge on any atom is -0.353 e. The van der Waals surface area contributed by atoms with Gasteiger partial charge in [-0.1, -0.05) is 17.6 Å². The van der Waals surface area contributed by atoms with Crippen LogP contribution < -0.4 is 0 Å². The molecule has 0 aromatic rings. The lowest BCUT2D eigenvalue weighted by Crippen LogP contribution is -2.32. The molecule has 0 aliphatic heterocycles. The molecule has 0 aliphatic rings. The van der Waals surface area contributed by atoms with Gasteiger partial charge in [0, 0.05) is 6.61 Å². The average Bonchev–Trinajstić information content (AvgIpc) is 2.17. The molecule has 0 radical (unpaired) electrons. The predicted molar refractivity (Wildman–Crippen MR) is 68.1 cm³/mol. The van der Waals surface area contributed by atoms with Gasteiger partial charge in [-0.05, 0) is 47.5 Å². The van der Waals surface area contributed by atoms with Gasteiger partial charge >= 0.3 is 0 Å². The standard InChI is InChI=1S/C14H24O2/c1-7-14(6,11-9-10-12(3)4)16-13(5)15-8-2/h1,10,13H,8-9,11H2,2-6H3. The first-order valence-electron chi connectivity index (χ1n) is 5.84. The Morgan fingerprint density at radius 3 is 2.56 bits per heavy atom. The number of hydrogen-bond acceptors (Lipinski definition) is 2. The van der Waals surface area contributed by atoms with Crippen molar-refractivity contribution in [3.63, 3.8) is 0 Å². The van der Waals surface area contributed by atoms with Crippen LogP contribution in [0.5, 0.6) is 0 Å². The Labute approximate surface area is 100 Å². The highest BCUT2D eigenvalue weighted by atomic mass is 16.7. The molecule has 2 atom stereocenters. The topological polar surface area (TPSA) is 18.5 Å². The van der Waals surface area contributed by atoms with Crippen LogP contribution in [0.25, 0.3) is 0 Å². The molecule has 0 heterocycles. The molecule has 0 spiro atoms. The molecule has 2 nitrogen and oxygen atoms in total. The third kappa shape index (κ3) is 6.66. The lowest BCUT2D eigenvalue weighted by molar-refractivity contribution is -0.176. The smallest absolute Gasteiger partial charge is 0.156 e. The van der Waals surface area contributed by atoms with Crippen LogP contribution in [0, 0.1) is 12.3 Å². The third-order valence-corrected chi connectivity index (χ3v) is 2.31. The number of terminal acetylenes is 1. The van der Waals surface area contributed by atoms with E-state index in [9.17, 15) is 0 Å². The lowest BCUT2D eigenvalue weighted by atomic mass is 10.00. The molecular formula is C14H24O2. The van der Waals surface area contributed by atoms with Gasteiger partial charge in [-0.3, -0.25) is 0 Å². The predicted octanol–water partition coefficient (Wildman–Crippen LogP) is 3.52. The first kappa shape index (κ1) is 15.2. The highest BCUT2D eigenvalue weighted by molar-refractivity contribution is 5.07. The Balaban J connectivity index is 4.21. The molecule has 0 bridgehead atoms. The van der Waals surface area contributed by atoms with Gasteiger partial charge in [0.25, 0.3) is 0 Å². The number of hydrogen-bond donors (Lipinski definition) is 0. The van der Waals surface area contributed by atoms with Crippen LogP contribution in [0.15, 0.2) is 11.6 Å². The fourth-order valence-electron chi connectivity index (χ4n) is 1.44. The zero-order chi connectivity index (χ0) is 12.6. The summed E-state index contributed by atoms with van der Waals surface area (Å²) in [5.41, 5.74) is 0.762. The molecule has 0 rings (SSSR count). The van der Waals surface area contributed by atoms with Crippen LogP contribution >= 0.6 is 0 Å². The van der Waals surface area contributed by atoms with Crippen molar-refractivity contribution in [3.8, 4) is 12.3 Å². The fourth-order valence-corrected chi connectivity index (χ4v) is 1.44. The second-order valence-electron chi connectivity index (χ2n) is 4.34. The van der Waals surface area contributed by atoms with E-state index in [1.54, 1.807) is 0 Å². The maximum atomic E-state index is 5.72. The highest BCUT2D eigenvalue weighted by Gasteiger charge is 2.24. The molecule has 0 N–H and O–H groups in total. The minimum absolute atomic E-state index is 0.252. The van der Waals surface area contributed by atoms with Crippen molar-refractivity contribution >= 4 is 0 Å². The van der Waals surface area contributed by atoms with E-state index in [0.29, 0.717) is 6.61 Å². The molecule has 2 heteroatoms. The van der Waals surface area contributed by atoms with Gasteiger partial charge in [0.2, 0.25) is 0 Å². The second-order valence-corrected chi connectivity index (χ2v) is 4.34. The molecule has 0 saturated carbocycles. The zero-order valence-electron chi connectivity index (χ0n) is 11.2. The SMILES string of the molecule is C#CC(C)(CCC=C(C)C)OC(C)OCC. The summed E-state index contributed by atoms with van der Waals surface area (Å²) < 4.78 is 11.1. The fraction of sp³-hybridized carbons (Fsp3) is 0.714. The van der Waals surface area contributed by atoms with E-state index >= 15 is 0 Å². The van der Waals surface area contributed by atoms with Crippen LogP contribution in [-0.4, -0.2) is 18.5 Å². The summed E-state index contributed by atoms with van der Waals surface area (Å²) in [5.74, 6) is 2.71. The molecule has 0 aliphatic carbocycles. The number of ether oxygens (including phenoxy) is 2. The van der Waals surface area contributed by atoms with E-state index in [-0.39, 0.29) is 6.29 Å². The number of rotatable bonds is 7. The Morgan fingerprint density at radius 2 is 2.12 bits per heavy atom. The maximum absolute atomic E-state index is 5.72. The van der Waals surface area contributed by atoms with Crippen LogP contribution in [0.2, 0.25) is 0 Å². The summed E-state index contributed by atoms with van der Waals surface area (Å²) in [4.78, 5) is 0. The minimum atomic E-state index is -0.541. The van der Waals surface area contributed by atoms with Crippen molar-refractivity contribution in [2.75, 3.05) is 6.61 Å². The van der Waals surface area contributed by atoms with Crippen molar-refractivity contribution in [3.05, 3.63) is 11.6 Å². The normalized spacial score (nSPS) is 16.0. The van der Waals surface area contributed by atoms with Gasteiger partial charge in [0.1, 0.15) is 5.60 Å². The molecule has 16 heavy (non-hydrogen) atoms. The van der Waals surface area contributed by atoms with Crippen molar-refractivity contribution < 1.29 is 9.47 Å².